The largest absolute Gasteiger partial charge is 0.397 e. The molecule has 8 rings (SSSR count). The van der Waals surface area contributed by atoms with Crippen LogP contribution in [-0.4, -0.2) is 0 Å². The Morgan fingerprint density at radius 1 is 0.650 bits per heavy atom. The minimum atomic E-state index is 0.738. The summed E-state index contributed by atoms with van der Waals surface area (Å²) in [5.41, 5.74) is 19.1. The third-order valence-electron chi connectivity index (χ3n) is 8.55. The maximum atomic E-state index is 6.57. The van der Waals surface area contributed by atoms with Gasteiger partial charge in [0.1, 0.15) is 0 Å². The van der Waals surface area contributed by atoms with E-state index in [0.29, 0.717) is 0 Å². The van der Waals surface area contributed by atoms with Gasteiger partial charge in [-0.2, -0.15) is 0 Å². The molecule has 6 aromatic carbocycles. The van der Waals surface area contributed by atoms with E-state index in [4.69, 9.17) is 5.73 Å². The second-order valence-electron chi connectivity index (χ2n) is 10.8. The normalized spacial score (nSPS) is 13.8. The van der Waals surface area contributed by atoms with Crippen LogP contribution >= 0.6 is 0 Å². The first-order valence-corrected chi connectivity index (χ1v) is 13.9. The summed E-state index contributed by atoms with van der Waals surface area (Å²) in [6.07, 6.45) is 6.63. The SMILES string of the molecule is C=C1c2ccc3c(c2-c2ccc(-c4ccc5c(ccc6ccccc65)c4)cc2N1c1ccccc1N)CCC=C3. The molecule has 40 heavy (non-hydrogen) atoms. The Morgan fingerprint density at radius 2 is 1.40 bits per heavy atom. The van der Waals surface area contributed by atoms with Crippen LogP contribution in [0.1, 0.15) is 23.1 Å². The molecule has 1 aliphatic heterocycles. The molecular weight excluding hydrogens is 484 g/mol. The molecular formula is C38H28N2. The van der Waals surface area contributed by atoms with E-state index >= 15 is 0 Å². The number of nitrogen functional groups attached to an aromatic ring is 1. The van der Waals surface area contributed by atoms with Crippen molar-refractivity contribution in [2.75, 3.05) is 10.6 Å². The van der Waals surface area contributed by atoms with Crippen molar-refractivity contribution in [3.8, 4) is 22.3 Å². The topological polar surface area (TPSA) is 29.3 Å². The molecule has 6 aromatic rings. The predicted octanol–water partition coefficient (Wildman–Crippen LogP) is 9.99. The third-order valence-corrected chi connectivity index (χ3v) is 8.55. The van der Waals surface area contributed by atoms with Crippen molar-refractivity contribution in [3.05, 3.63) is 139 Å². The van der Waals surface area contributed by atoms with Crippen molar-refractivity contribution in [1.82, 2.24) is 0 Å². The van der Waals surface area contributed by atoms with Crippen LogP contribution < -0.4 is 10.6 Å². The maximum absolute atomic E-state index is 6.57. The van der Waals surface area contributed by atoms with Crippen molar-refractivity contribution in [2.24, 2.45) is 0 Å². The van der Waals surface area contributed by atoms with Crippen LogP contribution in [-0.2, 0) is 6.42 Å². The van der Waals surface area contributed by atoms with Crippen molar-refractivity contribution in [1.29, 1.82) is 0 Å². The van der Waals surface area contributed by atoms with E-state index in [1.165, 1.54) is 60.5 Å². The summed E-state index contributed by atoms with van der Waals surface area (Å²) in [5.74, 6) is 0. The second kappa shape index (κ2) is 8.72. The van der Waals surface area contributed by atoms with Crippen LogP contribution in [0.25, 0.3) is 55.6 Å². The average molecular weight is 513 g/mol. The Labute approximate surface area is 234 Å². The summed E-state index contributed by atoms with van der Waals surface area (Å²) >= 11 is 0. The Hall–Kier alpha value is -5.08. The molecule has 0 radical (unpaired) electrons. The van der Waals surface area contributed by atoms with Gasteiger partial charge in [0.05, 0.1) is 17.1 Å². The van der Waals surface area contributed by atoms with Crippen LogP contribution in [0.2, 0.25) is 0 Å². The molecule has 0 spiro atoms. The second-order valence-corrected chi connectivity index (χ2v) is 10.8. The van der Waals surface area contributed by atoms with E-state index in [1.54, 1.807) is 0 Å². The summed E-state index contributed by atoms with van der Waals surface area (Å²) in [7, 11) is 0. The molecule has 190 valence electrons. The standard InChI is InChI=1S/C38H28N2/c1-24-30-19-16-26-9-3-5-11-33(26)38(30)34-21-18-28(23-37(34)40(24)36-13-7-6-12-35(36)39)27-17-20-32-29(22-27)15-14-25-8-2-4-10-31(25)32/h2-4,6-10,12-23H,1,5,11,39H2. The predicted molar refractivity (Wildman–Crippen MR) is 172 cm³/mol. The fourth-order valence-electron chi connectivity index (χ4n) is 6.61. The Balaban J connectivity index is 1.36. The van der Waals surface area contributed by atoms with Crippen molar-refractivity contribution < 1.29 is 0 Å². The summed E-state index contributed by atoms with van der Waals surface area (Å²) in [4.78, 5) is 2.25. The van der Waals surface area contributed by atoms with E-state index in [-0.39, 0.29) is 0 Å². The summed E-state index contributed by atoms with van der Waals surface area (Å²) in [6, 6.07) is 39.3. The number of anilines is 3. The van der Waals surface area contributed by atoms with Crippen LogP contribution in [0.5, 0.6) is 0 Å². The molecule has 1 heterocycles. The van der Waals surface area contributed by atoms with Gasteiger partial charge in [0.15, 0.2) is 0 Å². The van der Waals surface area contributed by atoms with Gasteiger partial charge in [0.2, 0.25) is 0 Å². The number of hydrogen-bond acceptors (Lipinski definition) is 2. The van der Waals surface area contributed by atoms with Crippen LogP contribution in [0.4, 0.5) is 17.1 Å². The number of allylic oxidation sites excluding steroid dienone is 1. The highest BCUT2D eigenvalue weighted by molar-refractivity contribution is 6.09. The van der Waals surface area contributed by atoms with Gasteiger partial charge in [0.25, 0.3) is 0 Å². The summed E-state index contributed by atoms with van der Waals surface area (Å²) < 4.78 is 0. The number of para-hydroxylation sites is 2. The lowest BCUT2D eigenvalue weighted by Crippen LogP contribution is -2.22. The lowest BCUT2D eigenvalue weighted by atomic mass is 9.81. The zero-order valence-electron chi connectivity index (χ0n) is 22.2. The number of hydrogen-bond donors (Lipinski definition) is 1. The molecule has 0 fully saturated rings. The maximum Gasteiger partial charge on any atom is 0.0691 e. The number of benzene rings is 6. The minimum absolute atomic E-state index is 0.738. The fraction of sp³-hybridized carbons (Fsp3) is 0.0526. The van der Waals surface area contributed by atoms with E-state index < -0.39 is 0 Å². The van der Waals surface area contributed by atoms with Gasteiger partial charge in [0, 0.05) is 16.8 Å². The quantitative estimate of drug-likeness (QED) is 0.185. The van der Waals surface area contributed by atoms with E-state index in [0.717, 1.165) is 35.6 Å². The smallest absolute Gasteiger partial charge is 0.0691 e. The zero-order valence-corrected chi connectivity index (χ0v) is 22.2. The highest BCUT2D eigenvalue weighted by Gasteiger charge is 2.30. The van der Waals surface area contributed by atoms with E-state index in [9.17, 15) is 0 Å². The minimum Gasteiger partial charge on any atom is -0.397 e. The Morgan fingerprint density at radius 3 is 2.33 bits per heavy atom. The highest BCUT2D eigenvalue weighted by atomic mass is 15.2. The van der Waals surface area contributed by atoms with Gasteiger partial charge in [-0.1, -0.05) is 104 Å². The number of nitrogens with zero attached hydrogens (tertiary/aromatic N) is 1. The summed E-state index contributed by atoms with van der Waals surface area (Å²) in [5, 5.41) is 5.08. The number of nitrogens with two attached hydrogens (primary N) is 1. The summed E-state index contributed by atoms with van der Waals surface area (Å²) in [6.45, 7) is 4.63. The van der Waals surface area contributed by atoms with Gasteiger partial charge in [-0.25, -0.2) is 0 Å². The van der Waals surface area contributed by atoms with Crippen molar-refractivity contribution in [3.63, 3.8) is 0 Å². The first-order chi connectivity index (χ1) is 19.7. The van der Waals surface area contributed by atoms with Gasteiger partial charge < -0.3 is 10.6 Å². The first-order valence-electron chi connectivity index (χ1n) is 13.9. The zero-order chi connectivity index (χ0) is 26.8. The Bertz CT molecular complexity index is 2050. The first kappa shape index (κ1) is 22.9. The van der Waals surface area contributed by atoms with Gasteiger partial charge in [-0.3, -0.25) is 0 Å². The molecule has 2 N–H and O–H groups in total. The molecule has 2 heteroatoms. The van der Waals surface area contributed by atoms with Crippen LogP contribution in [0.15, 0.2) is 122 Å². The molecule has 0 amide bonds. The molecule has 1 aliphatic carbocycles. The Kier molecular flexibility index (Phi) is 4.99. The van der Waals surface area contributed by atoms with E-state index in [2.05, 4.69) is 115 Å². The number of rotatable bonds is 2. The van der Waals surface area contributed by atoms with Gasteiger partial charge in [-0.15, -0.1) is 0 Å². The lowest BCUT2D eigenvalue weighted by Gasteiger charge is -2.37. The van der Waals surface area contributed by atoms with Gasteiger partial charge in [-0.05, 0) is 86.5 Å². The fourth-order valence-corrected chi connectivity index (χ4v) is 6.61. The average Bonchev–Trinajstić information content (AvgIpc) is 3.01. The van der Waals surface area contributed by atoms with E-state index in [1.807, 2.05) is 18.2 Å². The van der Waals surface area contributed by atoms with Crippen molar-refractivity contribution in [2.45, 2.75) is 12.8 Å². The monoisotopic (exact) mass is 512 g/mol. The lowest BCUT2D eigenvalue weighted by molar-refractivity contribution is 0.985. The highest BCUT2D eigenvalue weighted by Crippen LogP contribution is 2.52. The molecule has 0 saturated carbocycles. The molecule has 0 bridgehead atoms. The van der Waals surface area contributed by atoms with Crippen molar-refractivity contribution >= 4 is 50.4 Å². The number of fused-ring (bicyclic) bond motifs is 8. The van der Waals surface area contributed by atoms with Crippen LogP contribution in [0, 0.1) is 0 Å². The molecule has 2 aliphatic rings. The van der Waals surface area contributed by atoms with Crippen LogP contribution in [0.3, 0.4) is 0 Å². The molecule has 0 atom stereocenters. The molecule has 0 saturated heterocycles. The van der Waals surface area contributed by atoms with Gasteiger partial charge >= 0.3 is 0 Å². The molecule has 2 nitrogen and oxygen atoms in total. The molecule has 0 aromatic heterocycles. The third kappa shape index (κ3) is 3.36. The molecule has 0 unspecified atom stereocenters.